The molecule has 7 heteroatoms. The Bertz CT molecular complexity index is 1110. The standard InChI is InChI=1S/C20H19N3O4/c24-18-6-1-2-9-23(18)12-15-7-8-17(27-15)20(26)21-11-14-10-13-4-3-5-16(13)22-19(14)25/h1-2,6-10H,3-5,11-12H2,(H,21,26)(H,22,25). The molecule has 3 aromatic heterocycles. The van der Waals surface area contributed by atoms with Crippen LogP contribution >= 0.6 is 0 Å². The minimum absolute atomic E-state index is 0.135. The Balaban J connectivity index is 1.42. The largest absolute Gasteiger partial charge is 0.454 e. The molecule has 1 aliphatic carbocycles. The normalized spacial score (nSPS) is 12.7. The van der Waals surface area contributed by atoms with E-state index in [0.717, 1.165) is 30.5 Å². The number of hydrogen-bond donors (Lipinski definition) is 2. The van der Waals surface area contributed by atoms with Crippen molar-refractivity contribution in [1.82, 2.24) is 14.9 Å². The lowest BCUT2D eigenvalue weighted by atomic mass is 10.1. The smallest absolute Gasteiger partial charge is 0.287 e. The van der Waals surface area contributed by atoms with Crippen LogP contribution in [0.5, 0.6) is 0 Å². The average Bonchev–Trinajstić information content (AvgIpc) is 3.30. The third-order valence-electron chi connectivity index (χ3n) is 4.72. The van der Waals surface area contributed by atoms with Crippen molar-refractivity contribution in [3.8, 4) is 0 Å². The highest BCUT2D eigenvalue weighted by Crippen LogP contribution is 2.18. The van der Waals surface area contributed by atoms with Crippen molar-refractivity contribution in [3.05, 3.63) is 91.6 Å². The van der Waals surface area contributed by atoms with Crippen molar-refractivity contribution in [3.63, 3.8) is 0 Å². The van der Waals surface area contributed by atoms with Crippen LogP contribution in [0.3, 0.4) is 0 Å². The molecule has 2 N–H and O–H groups in total. The van der Waals surface area contributed by atoms with Gasteiger partial charge in [0.2, 0.25) is 0 Å². The summed E-state index contributed by atoms with van der Waals surface area (Å²) in [4.78, 5) is 39.1. The van der Waals surface area contributed by atoms with Crippen molar-refractivity contribution in [2.45, 2.75) is 32.4 Å². The van der Waals surface area contributed by atoms with E-state index in [4.69, 9.17) is 4.42 Å². The molecular formula is C20H19N3O4. The van der Waals surface area contributed by atoms with Crippen LogP contribution in [0.4, 0.5) is 0 Å². The van der Waals surface area contributed by atoms with Crippen molar-refractivity contribution in [2.24, 2.45) is 0 Å². The monoisotopic (exact) mass is 365 g/mol. The number of nitrogens with one attached hydrogen (secondary N) is 2. The van der Waals surface area contributed by atoms with Crippen LogP contribution in [-0.2, 0) is 25.9 Å². The van der Waals surface area contributed by atoms with Crippen molar-refractivity contribution >= 4 is 5.91 Å². The molecular weight excluding hydrogens is 346 g/mol. The molecule has 0 bridgehead atoms. The van der Waals surface area contributed by atoms with Crippen LogP contribution in [0.25, 0.3) is 0 Å². The van der Waals surface area contributed by atoms with Gasteiger partial charge in [0.05, 0.1) is 6.54 Å². The van der Waals surface area contributed by atoms with Crippen LogP contribution < -0.4 is 16.4 Å². The van der Waals surface area contributed by atoms with E-state index in [0.29, 0.717) is 11.3 Å². The van der Waals surface area contributed by atoms with E-state index in [1.165, 1.54) is 10.6 Å². The lowest BCUT2D eigenvalue weighted by Gasteiger charge is -2.06. The minimum Gasteiger partial charge on any atom is -0.454 e. The number of fused-ring (bicyclic) bond motifs is 1. The molecule has 0 saturated carbocycles. The Labute approximate surface area is 154 Å². The van der Waals surface area contributed by atoms with Crippen LogP contribution in [-0.4, -0.2) is 15.5 Å². The van der Waals surface area contributed by atoms with Gasteiger partial charge >= 0.3 is 0 Å². The van der Waals surface area contributed by atoms with Gasteiger partial charge in [-0.15, -0.1) is 0 Å². The Morgan fingerprint density at radius 2 is 2.07 bits per heavy atom. The molecule has 27 heavy (non-hydrogen) atoms. The lowest BCUT2D eigenvalue weighted by molar-refractivity contribution is 0.0921. The second-order valence-corrected chi connectivity index (χ2v) is 6.60. The SMILES string of the molecule is O=C(NCc1cc2c([nH]c1=O)CCC2)c1ccc(Cn2ccccc2=O)o1. The number of hydrogen-bond acceptors (Lipinski definition) is 4. The highest BCUT2D eigenvalue weighted by atomic mass is 16.4. The van der Waals surface area contributed by atoms with Gasteiger partial charge in [0.15, 0.2) is 5.76 Å². The van der Waals surface area contributed by atoms with Gasteiger partial charge in [-0.1, -0.05) is 6.07 Å². The first-order valence-electron chi connectivity index (χ1n) is 8.86. The minimum atomic E-state index is -0.401. The topological polar surface area (TPSA) is 97.1 Å². The summed E-state index contributed by atoms with van der Waals surface area (Å²) in [6.45, 7) is 0.382. The van der Waals surface area contributed by atoms with Gasteiger partial charge in [-0.3, -0.25) is 14.4 Å². The molecule has 0 saturated heterocycles. The zero-order valence-corrected chi connectivity index (χ0v) is 14.7. The second-order valence-electron chi connectivity index (χ2n) is 6.60. The van der Waals surface area contributed by atoms with Gasteiger partial charge in [0, 0.05) is 30.1 Å². The highest BCUT2D eigenvalue weighted by Gasteiger charge is 2.16. The molecule has 1 amide bonds. The summed E-state index contributed by atoms with van der Waals surface area (Å²) in [5.41, 5.74) is 2.37. The van der Waals surface area contributed by atoms with Crippen LogP contribution in [0.1, 0.15) is 39.6 Å². The predicted octanol–water partition coefficient (Wildman–Crippen LogP) is 1.60. The number of carbonyl (C=O) groups excluding carboxylic acids is 1. The third kappa shape index (κ3) is 3.62. The molecule has 1 aliphatic rings. The number of aromatic amines is 1. The fraction of sp³-hybridized carbons (Fsp3) is 0.250. The van der Waals surface area contributed by atoms with E-state index in [1.807, 2.05) is 6.07 Å². The zero-order chi connectivity index (χ0) is 18.8. The van der Waals surface area contributed by atoms with Crippen molar-refractivity contribution in [1.29, 1.82) is 0 Å². The van der Waals surface area contributed by atoms with Crippen LogP contribution in [0.15, 0.2) is 56.6 Å². The highest BCUT2D eigenvalue weighted by molar-refractivity contribution is 5.91. The summed E-state index contributed by atoms with van der Waals surface area (Å²) in [6.07, 6.45) is 4.55. The molecule has 0 aromatic carbocycles. The first kappa shape index (κ1) is 17.1. The molecule has 3 heterocycles. The number of nitrogens with zero attached hydrogens (tertiary/aromatic N) is 1. The maximum atomic E-state index is 12.3. The number of amides is 1. The summed E-state index contributed by atoms with van der Waals surface area (Å²) >= 11 is 0. The molecule has 4 rings (SSSR count). The summed E-state index contributed by atoms with van der Waals surface area (Å²) in [5, 5.41) is 2.71. The Kier molecular flexibility index (Phi) is 4.50. The van der Waals surface area contributed by atoms with Crippen molar-refractivity contribution in [2.75, 3.05) is 0 Å². The Morgan fingerprint density at radius 1 is 1.19 bits per heavy atom. The number of aromatic nitrogens is 2. The molecule has 0 unspecified atom stereocenters. The Morgan fingerprint density at radius 3 is 2.93 bits per heavy atom. The average molecular weight is 365 g/mol. The first-order chi connectivity index (χ1) is 13.1. The maximum Gasteiger partial charge on any atom is 0.287 e. The van der Waals surface area contributed by atoms with E-state index in [-0.39, 0.29) is 30.0 Å². The van der Waals surface area contributed by atoms with E-state index >= 15 is 0 Å². The van der Waals surface area contributed by atoms with E-state index < -0.39 is 5.91 Å². The zero-order valence-electron chi connectivity index (χ0n) is 14.7. The number of furan rings is 1. The summed E-state index contributed by atoms with van der Waals surface area (Å²) in [5.74, 6) is 0.247. The molecule has 3 aromatic rings. The number of H-pyrrole nitrogens is 1. The number of carbonyl (C=O) groups is 1. The van der Waals surface area contributed by atoms with Gasteiger partial charge in [-0.25, -0.2) is 0 Å². The molecule has 0 atom stereocenters. The van der Waals surface area contributed by atoms with Crippen LogP contribution in [0.2, 0.25) is 0 Å². The molecule has 0 radical (unpaired) electrons. The van der Waals surface area contributed by atoms with Gasteiger partial charge in [-0.2, -0.15) is 0 Å². The second kappa shape index (κ2) is 7.11. The van der Waals surface area contributed by atoms with E-state index in [1.54, 1.807) is 30.5 Å². The van der Waals surface area contributed by atoms with E-state index in [9.17, 15) is 14.4 Å². The fourth-order valence-electron chi connectivity index (χ4n) is 3.30. The van der Waals surface area contributed by atoms with Gasteiger partial charge in [-0.05, 0) is 49.1 Å². The summed E-state index contributed by atoms with van der Waals surface area (Å²) in [6, 6.07) is 9.98. The van der Waals surface area contributed by atoms with Gasteiger partial charge < -0.3 is 19.3 Å². The predicted molar refractivity (Wildman–Crippen MR) is 98.8 cm³/mol. The maximum absolute atomic E-state index is 12.3. The number of rotatable bonds is 5. The molecule has 0 aliphatic heterocycles. The lowest BCUT2D eigenvalue weighted by Crippen LogP contribution is -2.27. The van der Waals surface area contributed by atoms with Gasteiger partial charge in [0.25, 0.3) is 17.0 Å². The van der Waals surface area contributed by atoms with Crippen LogP contribution in [0, 0.1) is 0 Å². The first-order valence-corrected chi connectivity index (χ1v) is 8.86. The molecule has 0 fully saturated rings. The number of aryl methyl sites for hydroxylation is 2. The van der Waals surface area contributed by atoms with Gasteiger partial charge in [0.1, 0.15) is 5.76 Å². The molecule has 138 valence electrons. The molecule has 0 spiro atoms. The summed E-state index contributed by atoms with van der Waals surface area (Å²) < 4.78 is 7.03. The molecule has 7 nitrogen and oxygen atoms in total. The van der Waals surface area contributed by atoms with E-state index in [2.05, 4.69) is 10.3 Å². The third-order valence-corrected chi connectivity index (χ3v) is 4.72. The number of pyridine rings is 2. The van der Waals surface area contributed by atoms with Crippen molar-refractivity contribution < 1.29 is 9.21 Å². The Hall–Kier alpha value is -3.35. The quantitative estimate of drug-likeness (QED) is 0.718. The fourth-order valence-corrected chi connectivity index (χ4v) is 3.30. The summed E-state index contributed by atoms with van der Waals surface area (Å²) in [7, 11) is 0.